The molecule has 0 saturated carbocycles. The third-order valence-electron chi connectivity index (χ3n) is 4.43. The number of piperidine rings is 1. The first kappa shape index (κ1) is 16.8. The molecule has 1 aliphatic heterocycles. The SMILES string of the molecule is C=CC(=O)N1CCC(Oc2ccc(-c3ccccc3)c(C#N)c2)CC1. The molecule has 1 heterocycles. The summed E-state index contributed by atoms with van der Waals surface area (Å²) in [6.07, 6.45) is 2.97. The van der Waals surface area contributed by atoms with E-state index in [4.69, 9.17) is 4.74 Å². The molecule has 0 radical (unpaired) electrons. The van der Waals surface area contributed by atoms with Gasteiger partial charge in [0.25, 0.3) is 0 Å². The number of carbonyl (C=O) groups excluding carboxylic acids is 1. The van der Waals surface area contributed by atoms with Crippen LogP contribution in [0.4, 0.5) is 0 Å². The van der Waals surface area contributed by atoms with Gasteiger partial charge in [0.15, 0.2) is 0 Å². The Morgan fingerprint density at radius 2 is 1.92 bits per heavy atom. The van der Waals surface area contributed by atoms with Gasteiger partial charge in [0, 0.05) is 25.9 Å². The zero-order chi connectivity index (χ0) is 17.6. The van der Waals surface area contributed by atoms with E-state index in [-0.39, 0.29) is 12.0 Å². The Balaban J connectivity index is 1.69. The summed E-state index contributed by atoms with van der Waals surface area (Å²) in [5.41, 5.74) is 2.52. The lowest BCUT2D eigenvalue weighted by Gasteiger charge is -2.31. The topological polar surface area (TPSA) is 53.3 Å². The van der Waals surface area contributed by atoms with E-state index in [9.17, 15) is 10.1 Å². The van der Waals surface area contributed by atoms with Crippen molar-refractivity contribution in [2.75, 3.05) is 13.1 Å². The second-order valence-corrected chi connectivity index (χ2v) is 6.03. The van der Waals surface area contributed by atoms with Crippen molar-refractivity contribution in [2.45, 2.75) is 18.9 Å². The number of nitrogens with zero attached hydrogens (tertiary/aromatic N) is 2. The lowest BCUT2D eigenvalue weighted by molar-refractivity contribution is -0.127. The Morgan fingerprint density at radius 3 is 2.56 bits per heavy atom. The number of hydrogen-bond acceptors (Lipinski definition) is 3. The fourth-order valence-corrected chi connectivity index (χ4v) is 3.07. The Labute approximate surface area is 148 Å². The molecule has 4 heteroatoms. The van der Waals surface area contributed by atoms with Crippen LogP contribution in [-0.2, 0) is 4.79 Å². The summed E-state index contributed by atoms with van der Waals surface area (Å²) in [5.74, 6) is 0.669. The molecule has 126 valence electrons. The van der Waals surface area contributed by atoms with Gasteiger partial charge < -0.3 is 9.64 Å². The van der Waals surface area contributed by atoms with Crippen molar-refractivity contribution in [3.05, 3.63) is 66.7 Å². The largest absolute Gasteiger partial charge is 0.490 e. The molecule has 1 fully saturated rings. The van der Waals surface area contributed by atoms with Crippen LogP contribution < -0.4 is 4.74 Å². The first-order chi connectivity index (χ1) is 12.2. The van der Waals surface area contributed by atoms with Crippen molar-refractivity contribution in [1.82, 2.24) is 4.90 Å². The van der Waals surface area contributed by atoms with Gasteiger partial charge >= 0.3 is 0 Å². The van der Waals surface area contributed by atoms with Crippen LogP contribution in [-0.4, -0.2) is 30.0 Å². The highest BCUT2D eigenvalue weighted by atomic mass is 16.5. The number of benzene rings is 2. The maximum atomic E-state index is 11.6. The molecule has 2 aromatic carbocycles. The number of rotatable bonds is 4. The van der Waals surface area contributed by atoms with E-state index in [0.717, 1.165) is 24.0 Å². The Morgan fingerprint density at radius 1 is 1.20 bits per heavy atom. The summed E-state index contributed by atoms with van der Waals surface area (Å²) < 4.78 is 6.04. The van der Waals surface area contributed by atoms with Crippen molar-refractivity contribution in [3.63, 3.8) is 0 Å². The molecule has 25 heavy (non-hydrogen) atoms. The molecular weight excluding hydrogens is 312 g/mol. The fraction of sp³-hybridized carbons (Fsp3) is 0.238. The molecule has 0 bridgehead atoms. The highest BCUT2D eigenvalue weighted by molar-refractivity contribution is 5.87. The second kappa shape index (κ2) is 7.67. The van der Waals surface area contributed by atoms with Crippen molar-refractivity contribution in [3.8, 4) is 22.9 Å². The zero-order valence-corrected chi connectivity index (χ0v) is 14.0. The highest BCUT2D eigenvalue weighted by Gasteiger charge is 2.22. The summed E-state index contributed by atoms with van der Waals surface area (Å²) in [4.78, 5) is 13.4. The quantitative estimate of drug-likeness (QED) is 0.801. The standard InChI is InChI=1S/C21H20N2O2/c1-2-21(24)23-12-10-18(11-13-23)25-19-8-9-20(17(14-19)15-22)16-6-4-3-5-7-16/h2-9,14,18H,1,10-13H2. The minimum absolute atomic E-state index is 0.0302. The smallest absolute Gasteiger partial charge is 0.245 e. The lowest BCUT2D eigenvalue weighted by atomic mass is 10.00. The molecule has 1 saturated heterocycles. The van der Waals surface area contributed by atoms with E-state index in [1.54, 1.807) is 11.0 Å². The molecule has 0 aromatic heterocycles. The van der Waals surface area contributed by atoms with Crippen LogP contribution in [0.25, 0.3) is 11.1 Å². The Bertz CT molecular complexity index is 800. The molecule has 0 aliphatic carbocycles. The third-order valence-corrected chi connectivity index (χ3v) is 4.43. The lowest BCUT2D eigenvalue weighted by Crippen LogP contribution is -2.41. The number of hydrogen-bond donors (Lipinski definition) is 0. The molecule has 1 aliphatic rings. The van der Waals surface area contributed by atoms with Crippen LogP contribution in [0, 0.1) is 11.3 Å². The number of nitriles is 1. The summed E-state index contributed by atoms with van der Waals surface area (Å²) in [5, 5.41) is 9.47. The van der Waals surface area contributed by atoms with Gasteiger partial charge in [-0.2, -0.15) is 5.26 Å². The summed E-state index contributed by atoms with van der Waals surface area (Å²) in [6.45, 7) is 4.86. The predicted octanol–water partition coefficient (Wildman–Crippen LogP) is 3.78. The average Bonchev–Trinajstić information content (AvgIpc) is 2.68. The van der Waals surface area contributed by atoms with Gasteiger partial charge in [-0.3, -0.25) is 4.79 Å². The molecule has 4 nitrogen and oxygen atoms in total. The third kappa shape index (κ3) is 3.89. The van der Waals surface area contributed by atoms with Crippen molar-refractivity contribution in [2.24, 2.45) is 0 Å². The Hall–Kier alpha value is -3.06. The van der Waals surface area contributed by atoms with Gasteiger partial charge in [-0.1, -0.05) is 36.9 Å². The molecule has 0 atom stereocenters. The number of ether oxygens (including phenoxy) is 1. The maximum Gasteiger partial charge on any atom is 0.245 e. The van der Waals surface area contributed by atoms with Crippen LogP contribution in [0.15, 0.2) is 61.2 Å². The number of carbonyl (C=O) groups is 1. The van der Waals surface area contributed by atoms with Gasteiger partial charge in [-0.25, -0.2) is 0 Å². The van der Waals surface area contributed by atoms with Gasteiger partial charge in [-0.15, -0.1) is 0 Å². The summed E-state index contributed by atoms with van der Waals surface area (Å²) in [7, 11) is 0. The van der Waals surface area contributed by atoms with Gasteiger partial charge in [0.2, 0.25) is 5.91 Å². The van der Waals surface area contributed by atoms with Crippen molar-refractivity contribution in [1.29, 1.82) is 5.26 Å². The van der Waals surface area contributed by atoms with Crippen LogP contribution in [0.2, 0.25) is 0 Å². The first-order valence-electron chi connectivity index (χ1n) is 8.39. The summed E-state index contributed by atoms with van der Waals surface area (Å²) in [6, 6.07) is 17.7. The van der Waals surface area contributed by atoms with Gasteiger partial charge in [-0.05, 0) is 35.4 Å². The number of likely N-dealkylation sites (tertiary alicyclic amines) is 1. The fourth-order valence-electron chi connectivity index (χ4n) is 3.07. The number of amides is 1. The zero-order valence-electron chi connectivity index (χ0n) is 14.0. The van der Waals surface area contributed by atoms with Crippen LogP contribution >= 0.6 is 0 Å². The molecule has 1 amide bonds. The molecule has 3 rings (SSSR count). The van der Waals surface area contributed by atoms with E-state index in [2.05, 4.69) is 12.6 Å². The minimum Gasteiger partial charge on any atom is -0.490 e. The normalized spacial score (nSPS) is 14.6. The van der Waals surface area contributed by atoms with E-state index < -0.39 is 0 Å². The monoisotopic (exact) mass is 332 g/mol. The molecule has 2 aromatic rings. The maximum absolute atomic E-state index is 11.6. The average molecular weight is 332 g/mol. The summed E-state index contributed by atoms with van der Waals surface area (Å²) >= 11 is 0. The highest BCUT2D eigenvalue weighted by Crippen LogP contribution is 2.28. The molecule has 0 spiro atoms. The van der Waals surface area contributed by atoms with E-state index >= 15 is 0 Å². The van der Waals surface area contributed by atoms with Crippen LogP contribution in [0.5, 0.6) is 5.75 Å². The van der Waals surface area contributed by atoms with E-state index in [0.29, 0.717) is 24.4 Å². The van der Waals surface area contributed by atoms with Gasteiger partial charge in [0.1, 0.15) is 11.9 Å². The van der Waals surface area contributed by atoms with E-state index in [1.807, 2.05) is 42.5 Å². The van der Waals surface area contributed by atoms with Crippen LogP contribution in [0.3, 0.4) is 0 Å². The second-order valence-electron chi connectivity index (χ2n) is 6.03. The van der Waals surface area contributed by atoms with Gasteiger partial charge in [0.05, 0.1) is 11.6 Å². The molecule has 0 unspecified atom stereocenters. The molecule has 0 N–H and O–H groups in total. The van der Waals surface area contributed by atoms with Crippen molar-refractivity contribution < 1.29 is 9.53 Å². The molecular formula is C21H20N2O2. The predicted molar refractivity (Wildman–Crippen MR) is 97.0 cm³/mol. The van der Waals surface area contributed by atoms with Crippen molar-refractivity contribution >= 4 is 5.91 Å². The Kier molecular flexibility index (Phi) is 5.15. The van der Waals surface area contributed by atoms with Crippen LogP contribution in [0.1, 0.15) is 18.4 Å². The van der Waals surface area contributed by atoms with E-state index in [1.165, 1.54) is 6.08 Å². The first-order valence-corrected chi connectivity index (χ1v) is 8.39. The minimum atomic E-state index is -0.0302.